The predicted molar refractivity (Wildman–Crippen MR) is 81.5 cm³/mol. The molecule has 1 N–H and O–H groups in total. The van der Waals surface area contributed by atoms with Gasteiger partial charge < -0.3 is 14.8 Å². The molecule has 0 unspecified atom stereocenters. The number of hydrogen-bond donors (Lipinski definition) is 1. The Balaban J connectivity index is 2.72. The van der Waals surface area contributed by atoms with E-state index >= 15 is 0 Å². The Bertz CT molecular complexity index is 695. The minimum Gasteiger partial charge on any atom is -0.496 e. The van der Waals surface area contributed by atoms with E-state index < -0.39 is 23.9 Å². The minimum absolute atomic E-state index is 0.187. The molecule has 1 aliphatic rings. The van der Waals surface area contributed by atoms with Crippen LogP contribution in [0.4, 0.5) is 4.79 Å². The maximum absolute atomic E-state index is 12.3. The molecule has 0 bridgehead atoms. The second-order valence-corrected chi connectivity index (χ2v) is 4.99. The summed E-state index contributed by atoms with van der Waals surface area (Å²) in [4.78, 5) is 37.5. The second-order valence-electron chi connectivity index (χ2n) is 4.99. The Labute approximate surface area is 133 Å². The van der Waals surface area contributed by atoms with Crippen LogP contribution in [0.25, 0.3) is 0 Å². The van der Waals surface area contributed by atoms with Gasteiger partial charge in [0.05, 0.1) is 19.8 Å². The summed E-state index contributed by atoms with van der Waals surface area (Å²) in [5.41, 5.74) is 1.06. The molecule has 0 saturated heterocycles. The van der Waals surface area contributed by atoms with Crippen molar-refractivity contribution in [2.75, 3.05) is 14.2 Å². The quantitative estimate of drug-likeness (QED) is 0.858. The standard InChI is InChI=1S/C16H18N2O5/c1-9-13(15(20)23-4)14(18(10(2)19)16(21)17-9)11-7-5-6-8-12(11)22-3/h5-8,14H,1-4H3,(H,17,21)/t14-/m0/s1. The van der Waals surface area contributed by atoms with Crippen LogP contribution in [0.5, 0.6) is 5.75 Å². The van der Waals surface area contributed by atoms with Crippen molar-refractivity contribution in [2.24, 2.45) is 0 Å². The normalized spacial score (nSPS) is 17.7. The number of esters is 1. The fraction of sp³-hybridized carbons (Fsp3) is 0.312. The Kier molecular flexibility index (Phi) is 4.68. The number of ether oxygens (including phenoxy) is 2. The van der Waals surface area contributed by atoms with Crippen LogP contribution in [-0.2, 0) is 14.3 Å². The van der Waals surface area contributed by atoms with Crippen molar-refractivity contribution in [1.82, 2.24) is 10.2 Å². The number of nitrogens with one attached hydrogen (secondary N) is 1. The largest absolute Gasteiger partial charge is 0.496 e. The van der Waals surface area contributed by atoms with Crippen LogP contribution >= 0.6 is 0 Å². The maximum Gasteiger partial charge on any atom is 0.337 e. The minimum atomic E-state index is -0.912. The summed E-state index contributed by atoms with van der Waals surface area (Å²) >= 11 is 0. The third kappa shape index (κ3) is 2.90. The fourth-order valence-corrected chi connectivity index (χ4v) is 2.63. The number of methoxy groups -OCH3 is 2. The third-order valence-electron chi connectivity index (χ3n) is 3.63. The number of urea groups is 1. The van der Waals surface area contributed by atoms with Crippen LogP contribution in [-0.4, -0.2) is 37.0 Å². The Morgan fingerprint density at radius 3 is 2.43 bits per heavy atom. The van der Waals surface area contributed by atoms with Crippen molar-refractivity contribution in [2.45, 2.75) is 19.9 Å². The number of nitrogens with zero attached hydrogens (tertiary/aromatic N) is 1. The Morgan fingerprint density at radius 2 is 1.87 bits per heavy atom. The van der Waals surface area contributed by atoms with Crippen molar-refractivity contribution < 1.29 is 23.9 Å². The number of rotatable bonds is 3. The number of allylic oxidation sites excluding steroid dienone is 1. The smallest absolute Gasteiger partial charge is 0.337 e. The van der Waals surface area contributed by atoms with Gasteiger partial charge in [-0.2, -0.15) is 0 Å². The van der Waals surface area contributed by atoms with Gasteiger partial charge in [0, 0.05) is 18.2 Å². The lowest BCUT2D eigenvalue weighted by atomic mass is 9.93. The first kappa shape index (κ1) is 16.5. The molecule has 0 spiro atoms. The lowest BCUT2D eigenvalue weighted by Gasteiger charge is -2.36. The van der Waals surface area contributed by atoms with E-state index in [1.807, 2.05) is 0 Å². The van der Waals surface area contributed by atoms with Gasteiger partial charge in [-0.25, -0.2) is 9.59 Å². The average Bonchev–Trinajstić information content (AvgIpc) is 2.52. The highest BCUT2D eigenvalue weighted by molar-refractivity contribution is 6.01. The lowest BCUT2D eigenvalue weighted by molar-refractivity contribution is -0.137. The molecule has 7 heteroatoms. The molecule has 0 aliphatic carbocycles. The molecule has 2 rings (SSSR count). The molecule has 0 saturated carbocycles. The number of amides is 3. The summed E-state index contributed by atoms with van der Waals surface area (Å²) in [7, 11) is 2.73. The predicted octanol–water partition coefficient (Wildman–Crippen LogP) is 1.76. The Hall–Kier alpha value is -2.83. The van der Waals surface area contributed by atoms with Crippen molar-refractivity contribution >= 4 is 17.9 Å². The molecular formula is C16H18N2O5. The van der Waals surface area contributed by atoms with Gasteiger partial charge in [-0.1, -0.05) is 18.2 Å². The van der Waals surface area contributed by atoms with E-state index in [-0.39, 0.29) is 5.57 Å². The molecule has 122 valence electrons. The zero-order valence-electron chi connectivity index (χ0n) is 13.4. The number of carbonyl (C=O) groups is 3. The van der Waals surface area contributed by atoms with Crippen molar-refractivity contribution in [3.05, 3.63) is 41.1 Å². The molecule has 0 aromatic heterocycles. The van der Waals surface area contributed by atoms with Gasteiger partial charge >= 0.3 is 12.0 Å². The molecule has 23 heavy (non-hydrogen) atoms. The van der Waals surface area contributed by atoms with Crippen LogP contribution in [0.3, 0.4) is 0 Å². The SMILES string of the molecule is COC(=O)C1=C(C)NC(=O)N(C(C)=O)[C@H]1c1ccccc1OC. The van der Waals surface area contributed by atoms with Gasteiger partial charge in [0.2, 0.25) is 5.91 Å². The number of para-hydroxylation sites is 1. The monoisotopic (exact) mass is 318 g/mol. The van der Waals surface area contributed by atoms with E-state index in [4.69, 9.17) is 9.47 Å². The zero-order valence-corrected chi connectivity index (χ0v) is 13.4. The molecule has 1 atom stereocenters. The topological polar surface area (TPSA) is 84.9 Å². The summed E-state index contributed by atoms with van der Waals surface area (Å²) in [6.07, 6.45) is 0. The first-order chi connectivity index (χ1) is 10.9. The number of benzene rings is 1. The van der Waals surface area contributed by atoms with E-state index in [0.717, 1.165) is 4.90 Å². The van der Waals surface area contributed by atoms with Crippen LogP contribution in [0.1, 0.15) is 25.5 Å². The van der Waals surface area contributed by atoms with E-state index in [1.54, 1.807) is 31.2 Å². The van der Waals surface area contributed by atoms with Crippen LogP contribution in [0.2, 0.25) is 0 Å². The number of imide groups is 1. The van der Waals surface area contributed by atoms with Crippen molar-refractivity contribution in [1.29, 1.82) is 0 Å². The first-order valence-electron chi connectivity index (χ1n) is 6.95. The summed E-state index contributed by atoms with van der Waals surface area (Å²) < 4.78 is 10.1. The van der Waals surface area contributed by atoms with Gasteiger partial charge in [-0.05, 0) is 13.0 Å². The van der Waals surface area contributed by atoms with Gasteiger partial charge in [0.15, 0.2) is 0 Å². The highest BCUT2D eigenvalue weighted by Crippen LogP contribution is 2.38. The van der Waals surface area contributed by atoms with E-state index in [0.29, 0.717) is 17.0 Å². The molecule has 3 amide bonds. The summed E-state index contributed by atoms with van der Waals surface area (Å²) in [5, 5.41) is 2.52. The van der Waals surface area contributed by atoms with Gasteiger partial charge in [-0.15, -0.1) is 0 Å². The average molecular weight is 318 g/mol. The summed E-state index contributed by atoms with van der Waals surface area (Å²) in [6, 6.07) is 5.40. The number of hydrogen-bond acceptors (Lipinski definition) is 5. The molecule has 1 aromatic carbocycles. The van der Waals surface area contributed by atoms with E-state index in [1.165, 1.54) is 21.1 Å². The molecule has 7 nitrogen and oxygen atoms in total. The van der Waals surface area contributed by atoms with Gasteiger partial charge in [0.25, 0.3) is 0 Å². The van der Waals surface area contributed by atoms with Crippen LogP contribution in [0, 0.1) is 0 Å². The zero-order chi connectivity index (χ0) is 17.1. The summed E-state index contributed by atoms with van der Waals surface area (Å²) in [5.74, 6) is -0.649. The van der Waals surface area contributed by atoms with E-state index in [9.17, 15) is 14.4 Å². The maximum atomic E-state index is 12.3. The van der Waals surface area contributed by atoms with Crippen LogP contribution in [0.15, 0.2) is 35.5 Å². The van der Waals surface area contributed by atoms with Crippen molar-refractivity contribution in [3.63, 3.8) is 0 Å². The van der Waals surface area contributed by atoms with Crippen LogP contribution < -0.4 is 10.1 Å². The first-order valence-corrected chi connectivity index (χ1v) is 6.95. The highest BCUT2D eigenvalue weighted by Gasteiger charge is 2.41. The van der Waals surface area contributed by atoms with Gasteiger partial charge in [-0.3, -0.25) is 9.69 Å². The highest BCUT2D eigenvalue weighted by atomic mass is 16.5. The number of carbonyl (C=O) groups excluding carboxylic acids is 3. The summed E-state index contributed by atoms with van der Waals surface area (Å²) in [6.45, 7) is 2.85. The second kappa shape index (κ2) is 6.51. The molecular weight excluding hydrogens is 300 g/mol. The molecule has 0 fully saturated rings. The molecule has 1 aromatic rings. The van der Waals surface area contributed by atoms with Crippen molar-refractivity contribution in [3.8, 4) is 5.75 Å². The Morgan fingerprint density at radius 1 is 1.22 bits per heavy atom. The molecule has 1 heterocycles. The lowest BCUT2D eigenvalue weighted by Crippen LogP contribution is -2.50. The molecule has 1 aliphatic heterocycles. The third-order valence-corrected chi connectivity index (χ3v) is 3.63. The van der Waals surface area contributed by atoms with E-state index in [2.05, 4.69) is 5.32 Å². The van der Waals surface area contributed by atoms with Gasteiger partial charge in [0.1, 0.15) is 11.8 Å². The molecule has 0 radical (unpaired) electrons. The fourth-order valence-electron chi connectivity index (χ4n) is 2.63.